The fraction of sp³-hybridized carbons (Fsp3) is 0.120. The highest BCUT2D eigenvalue weighted by molar-refractivity contribution is 6.34. The van der Waals surface area contributed by atoms with Gasteiger partial charge in [-0.2, -0.15) is 0 Å². The van der Waals surface area contributed by atoms with Crippen molar-refractivity contribution >= 4 is 29.5 Å². The van der Waals surface area contributed by atoms with E-state index in [-0.39, 0.29) is 11.6 Å². The number of hydrogen-bond acceptors (Lipinski definition) is 5. The van der Waals surface area contributed by atoms with Crippen LogP contribution >= 0.6 is 11.6 Å². The Morgan fingerprint density at radius 1 is 1.06 bits per heavy atom. The first kappa shape index (κ1) is 20.7. The van der Waals surface area contributed by atoms with Crippen molar-refractivity contribution in [2.45, 2.75) is 13.5 Å². The van der Waals surface area contributed by atoms with E-state index in [4.69, 9.17) is 25.8 Å². The zero-order valence-corrected chi connectivity index (χ0v) is 17.8. The second-order valence-electron chi connectivity index (χ2n) is 6.97. The number of hydrogen-bond donors (Lipinski definition) is 0. The van der Waals surface area contributed by atoms with E-state index in [9.17, 15) is 4.79 Å². The van der Waals surface area contributed by atoms with Crippen molar-refractivity contribution in [2.75, 3.05) is 7.11 Å². The van der Waals surface area contributed by atoms with Gasteiger partial charge in [-0.25, -0.2) is 9.79 Å². The van der Waals surface area contributed by atoms with Crippen LogP contribution in [0.3, 0.4) is 0 Å². The van der Waals surface area contributed by atoms with Crippen LogP contribution in [0.1, 0.15) is 22.3 Å². The van der Waals surface area contributed by atoms with E-state index in [1.165, 1.54) is 0 Å². The second kappa shape index (κ2) is 9.06. The summed E-state index contributed by atoms with van der Waals surface area (Å²) in [6, 6.07) is 20.6. The molecule has 5 nitrogen and oxygen atoms in total. The van der Waals surface area contributed by atoms with Crippen LogP contribution in [0.25, 0.3) is 6.08 Å². The maximum Gasteiger partial charge on any atom is 0.363 e. The van der Waals surface area contributed by atoms with Crippen LogP contribution in [0.4, 0.5) is 0 Å². The fourth-order valence-corrected chi connectivity index (χ4v) is 3.44. The van der Waals surface area contributed by atoms with E-state index < -0.39 is 5.97 Å². The molecule has 0 fully saturated rings. The second-order valence-corrected chi connectivity index (χ2v) is 7.38. The Balaban J connectivity index is 1.67. The smallest absolute Gasteiger partial charge is 0.363 e. The van der Waals surface area contributed by atoms with Crippen LogP contribution < -0.4 is 9.47 Å². The van der Waals surface area contributed by atoms with Gasteiger partial charge in [0.15, 0.2) is 17.2 Å². The zero-order valence-electron chi connectivity index (χ0n) is 17.1. The van der Waals surface area contributed by atoms with Gasteiger partial charge >= 0.3 is 5.97 Å². The molecule has 0 saturated heterocycles. The third-order valence-corrected chi connectivity index (χ3v) is 5.04. The molecule has 0 atom stereocenters. The Kier molecular flexibility index (Phi) is 6.05. The maximum absolute atomic E-state index is 12.4. The van der Waals surface area contributed by atoms with E-state index >= 15 is 0 Å². The monoisotopic (exact) mass is 433 g/mol. The topological polar surface area (TPSA) is 57.1 Å². The van der Waals surface area contributed by atoms with Gasteiger partial charge in [0.2, 0.25) is 5.90 Å². The van der Waals surface area contributed by atoms with Gasteiger partial charge in [0.1, 0.15) is 6.61 Å². The lowest BCUT2D eigenvalue weighted by Gasteiger charge is -2.14. The Morgan fingerprint density at radius 3 is 2.65 bits per heavy atom. The lowest BCUT2D eigenvalue weighted by atomic mass is 10.1. The summed E-state index contributed by atoms with van der Waals surface area (Å²) in [6.07, 6.45) is 1.63. The number of carbonyl (C=O) groups is 1. The van der Waals surface area contributed by atoms with Crippen molar-refractivity contribution in [3.05, 3.63) is 99.7 Å². The minimum atomic E-state index is -0.553. The van der Waals surface area contributed by atoms with Crippen LogP contribution in [0.15, 0.2) is 77.4 Å². The van der Waals surface area contributed by atoms with E-state index in [2.05, 4.69) is 11.1 Å². The predicted molar refractivity (Wildman–Crippen MR) is 121 cm³/mol. The van der Waals surface area contributed by atoms with E-state index in [0.29, 0.717) is 34.3 Å². The Labute approximate surface area is 185 Å². The number of aryl methyl sites for hydroxylation is 1. The molecule has 1 aliphatic rings. The zero-order chi connectivity index (χ0) is 21.8. The number of methoxy groups -OCH3 is 1. The standard InChI is InChI=1S/C25H20ClNO4/c1-16-7-5-8-17(13-16)15-30-23-18(9-6-12-22(23)29-2)14-21-25(28)31-24(27-21)19-10-3-4-11-20(19)26/h3-14H,15H2,1-2H3/b21-14-. The molecule has 0 amide bonds. The van der Waals surface area contributed by atoms with Gasteiger partial charge < -0.3 is 14.2 Å². The highest BCUT2D eigenvalue weighted by atomic mass is 35.5. The van der Waals surface area contributed by atoms with Crippen LogP contribution in [-0.4, -0.2) is 19.0 Å². The Bertz CT molecular complexity index is 1200. The Morgan fingerprint density at radius 2 is 1.87 bits per heavy atom. The molecule has 156 valence electrons. The van der Waals surface area contributed by atoms with E-state index in [1.807, 2.05) is 37.3 Å². The first-order valence-corrected chi connectivity index (χ1v) is 10.1. The molecule has 4 rings (SSSR count). The lowest BCUT2D eigenvalue weighted by molar-refractivity contribution is -0.129. The van der Waals surface area contributed by atoms with E-state index in [1.54, 1.807) is 43.5 Å². The molecule has 1 heterocycles. The van der Waals surface area contributed by atoms with Crippen molar-refractivity contribution in [1.29, 1.82) is 0 Å². The fourth-order valence-electron chi connectivity index (χ4n) is 3.23. The number of halogens is 1. The van der Waals surface area contributed by atoms with Crippen LogP contribution in [0.2, 0.25) is 5.02 Å². The highest BCUT2D eigenvalue weighted by Gasteiger charge is 2.26. The molecule has 0 unspecified atom stereocenters. The molecule has 3 aromatic rings. The highest BCUT2D eigenvalue weighted by Crippen LogP contribution is 2.34. The summed E-state index contributed by atoms with van der Waals surface area (Å²) in [4.78, 5) is 16.8. The van der Waals surface area contributed by atoms with Gasteiger partial charge in [-0.05, 0) is 36.8 Å². The summed E-state index contributed by atoms with van der Waals surface area (Å²) >= 11 is 6.21. The molecule has 0 radical (unpaired) electrons. The van der Waals surface area contributed by atoms with Crippen molar-refractivity contribution in [3.8, 4) is 11.5 Å². The molecule has 0 bridgehead atoms. The molecule has 0 aromatic heterocycles. The average Bonchev–Trinajstić information content (AvgIpc) is 3.13. The number of rotatable bonds is 6. The first-order valence-electron chi connectivity index (χ1n) is 9.68. The molecule has 3 aromatic carbocycles. The molecule has 0 N–H and O–H groups in total. The number of esters is 1. The minimum absolute atomic E-state index is 0.156. The summed E-state index contributed by atoms with van der Waals surface area (Å²) in [6.45, 7) is 2.39. The van der Waals surface area contributed by atoms with Gasteiger partial charge in [0.05, 0.1) is 17.7 Å². The quantitative estimate of drug-likeness (QED) is 0.376. The number of nitrogens with zero attached hydrogens (tertiary/aromatic N) is 1. The average molecular weight is 434 g/mol. The van der Waals surface area contributed by atoms with Crippen LogP contribution in [-0.2, 0) is 16.1 Å². The normalized spacial score (nSPS) is 14.4. The van der Waals surface area contributed by atoms with Gasteiger partial charge in [-0.3, -0.25) is 0 Å². The summed E-state index contributed by atoms with van der Waals surface area (Å²) < 4.78 is 16.9. The minimum Gasteiger partial charge on any atom is -0.493 e. The van der Waals surface area contributed by atoms with Crippen molar-refractivity contribution in [2.24, 2.45) is 4.99 Å². The number of carbonyl (C=O) groups excluding carboxylic acids is 1. The van der Waals surface area contributed by atoms with Crippen LogP contribution in [0.5, 0.6) is 11.5 Å². The van der Waals surface area contributed by atoms with Gasteiger partial charge in [-0.15, -0.1) is 0 Å². The van der Waals surface area contributed by atoms with Crippen molar-refractivity contribution in [1.82, 2.24) is 0 Å². The van der Waals surface area contributed by atoms with Crippen LogP contribution in [0, 0.1) is 6.92 Å². The van der Waals surface area contributed by atoms with Crippen molar-refractivity contribution < 1.29 is 19.0 Å². The molecular weight excluding hydrogens is 414 g/mol. The number of benzene rings is 3. The Hall–Kier alpha value is -3.57. The SMILES string of the molecule is COc1cccc(/C=C2\N=C(c3ccccc3Cl)OC2=O)c1OCc1cccc(C)c1. The summed E-state index contributed by atoms with van der Waals surface area (Å²) in [5, 5.41) is 0.457. The number of aliphatic imine (C=N–C) groups is 1. The third-order valence-electron chi connectivity index (χ3n) is 4.71. The molecule has 0 saturated carbocycles. The van der Waals surface area contributed by atoms with Gasteiger partial charge in [0, 0.05) is 5.56 Å². The predicted octanol–water partition coefficient (Wildman–Crippen LogP) is 5.58. The molecule has 0 spiro atoms. The molecule has 31 heavy (non-hydrogen) atoms. The van der Waals surface area contributed by atoms with Gasteiger partial charge in [0.25, 0.3) is 0 Å². The molecule has 0 aliphatic carbocycles. The lowest BCUT2D eigenvalue weighted by Crippen LogP contribution is -2.06. The summed E-state index contributed by atoms with van der Waals surface area (Å²) in [7, 11) is 1.57. The summed E-state index contributed by atoms with van der Waals surface area (Å²) in [5.74, 6) is 0.700. The number of ether oxygens (including phenoxy) is 3. The van der Waals surface area contributed by atoms with Crippen molar-refractivity contribution in [3.63, 3.8) is 0 Å². The largest absolute Gasteiger partial charge is 0.493 e. The third kappa shape index (κ3) is 4.62. The van der Waals surface area contributed by atoms with Gasteiger partial charge in [-0.1, -0.05) is 65.7 Å². The molecule has 6 heteroatoms. The molecular formula is C25H20ClNO4. The summed E-state index contributed by atoms with van der Waals surface area (Å²) in [5.41, 5.74) is 3.55. The van der Waals surface area contributed by atoms with E-state index in [0.717, 1.165) is 11.1 Å². The number of cyclic esters (lactones) is 1. The molecule has 1 aliphatic heterocycles. The first-order chi connectivity index (χ1) is 15.0. The number of para-hydroxylation sites is 1. The maximum atomic E-state index is 12.4.